The number of nitrogens with one attached hydrogen (secondary N) is 1. The van der Waals surface area contributed by atoms with Crippen molar-refractivity contribution in [3.8, 4) is 6.07 Å². The van der Waals surface area contributed by atoms with E-state index in [2.05, 4.69) is 5.32 Å². The molecule has 2 rings (SSSR count). The number of halogens is 3. The number of carbonyl (C=O) groups excluding carboxylic acids is 1. The summed E-state index contributed by atoms with van der Waals surface area (Å²) in [6.45, 7) is 0.515. The first-order chi connectivity index (χ1) is 9.88. The molecule has 1 heterocycles. The van der Waals surface area contributed by atoms with E-state index in [0.29, 0.717) is 18.7 Å². The molecule has 0 bridgehead atoms. The second kappa shape index (κ2) is 5.64. The number of benzene rings is 1. The number of nitrogens with zero attached hydrogens (tertiary/aromatic N) is 2. The topological polar surface area (TPSA) is 56.1 Å². The summed E-state index contributed by atoms with van der Waals surface area (Å²) >= 11 is 0. The first-order valence-corrected chi connectivity index (χ1v) is 6.48. The van der Waals surface area contributed by atoms with E-state index >= 15 is 0 Å². The summed E-state index contributed by atoms with van der Waals surface area (Å²) in [5.74, 6) is -0.217. The molecule has 112 valence electrons. The van der Waals surface area contributed by atoms with Crippen LogP contribution in [0.3, 0.4) is 0 Å². The van der Waals surface area contributed by atoms with E-state index in [4.69, 9.17) is 5.26 Å². The van der Waals surface area contributed by atoms with Crippen LogP contribution < -0.4 is 10.2 Å². The zero-order valence-corrected chi connectivity index (χ0v) is 11.4. The lowest BCUT2D eigenvalue weighted by molar-refractivity contribution is -0.137. The van der Waals surface area contributed by atoms with Gasteiger partial charge in [-0.3, -0.25) is 4.79 Å². The lowest BCUT2D eigenvalue weighted by Gasteiger charge is -2.26. The van der Waals surface area contributed by atoms with Crippen molar-refractivity contribution in [3.05, 3.63) is 29.3 Å². The van der Waals surface area contributed by atoms with Crippen LogP contribution in [-0.4, -0.2) is 25.5 Å². The van der Waals surface area contributed by atoms with Crippen LogP contribution in [0.15, 0.2) is 18.2 Å². The van der Waals surface area contributed by atoms with Gasteiger partial charge >= 0.3 is 6.18 Å². The van der Waals surface area contributed by atoms with Crippen molar-refractivity contribution >= 4 is 11.6 Å². The Labute approximate surface area is 120 Å². The van der Waals surface area contributed by atoms with Gasteiger partial charge in [-0.25, -0.2) is 0 Å². The predicted octanol–water partition coefficient (Wildman–Crippen LogP) is 2.29. The molecule has 7 heteroatoms. The Morgan fingerprint density at radius 3 is 2.76 bits per heavy atom. The van der Waals surface area contributed by atoms with E-state index in [1.54, 1.807) is 11.0 Å². The SMILES string of the molecule is CNC(=O)C1CCCN1c1ccc(C#N)c(C(F)(F)F)c1. The number of anilines is 1. The fraction of sp³-hybridized carbons (Fsp3) is 0.429. The highest BCUT2D eigenvalue weighted by atomic mass is 19.4. The number of likely N-dealkylation sites (N-methyl/N-ethyl adjacent to an activating group) is 1. The Morgan fingerprint density at radius 2 is 2.19 bits per heavy atom. The van der Waals surface area contributed by atoms with Crippen molar-refractivity contribution in [3.63, 3.8) is 0 Å². The Hall–Kier alpha value is -2.23. The minimum atomic E-state index is -4.59. The minimum Gasteiger partial charge on any atom is -0.360 e. The van der Waals surface area contributed by atoms with E-state index in [1.165, 1.54) is 13.1 Å². The lowest BCUT2D eigenvalue weighted by Crippen LogP contribution is -2.42. The maximum Gasteiger partial charge on any atom is 0.417 e. The zero-order valence-electron chi connectivity index (χ0n) is 11.4. The van der Waals surface area contributed by atoms with Crippen molar-refractivity contribution in [2.45, 2.75) is 25.1 Å². The number of carbonyl (C=O) groups is 1. The number of hydrogen-bond donors (Lipinski definition) is 1. The van der Waals surface area contributed by atoms with E-state index < -0.39 is 23.3 Å². The molecule has 1 atom stereocenters. The zero-order chi connectivity index (χ0) is 15.6. The summed E-state index contributed by atoms with van der Waals surface area (Å²) in [5.41, 5.74) is -1.07. The van der Waals surface area contributed by atoms with E-state index in [1.807, 2.05) is 0 Å². The van der Waals surface area contributed by atoms with Crippen LogP contribution in [0, 0.1) is 11.3 Å². The van der Waals surface area contributed by atoms with Gasteiger partial charge in [0.25, 0.3) is 0 Å². The molecule has 1 unspecified atom stereocenters. The smallest absolute Gasteiger partial charge is 0.360 e. The first kappa shape index (κ1) is 15.2. The quantitative estimate of drug-likeness (QED) is 0.911. The highest BCUT2D eigenvalue weighted by molar-refractivity contribution is 5.85. The molecule has 1 aliphatic rings. The van der Waals surface area contributed by atoms with Gasteiger partial charge in [0.2, 0.25) is 5.91 Å². The van der Waals surface area contributed by atoms with Gasteiger partial charge in [-0.2, -0.15) is 18.4 Å². The number of amides is 1. The molecule has 1 fully saturated rings. The fourth-order valence-electron chi connectivity index (χ4n) is 2.56. The van der Waals surface area contributed by atoms with Crippen LogP contribution in [0.25, 0.3) is 0 Å². The third-order valence-electron chi connectivity index (χ3n) is 3.56. The molecule has 1 N–H and O–H groups in total. The Morgan fingerprint density at radius 1 is 1.48 bits per heavy atom. The highest BCUT2D eigenvalue weighted by Gasteiger charge is 2.36. The van der Waals surface area contributed by atoms with Crippen molar-refractivity contribution in [2.24, 2.45) is 0 Å². The highest BCUT2D eigenvalue weighted by Crippen LogP contribution is 2.36. The van der Waals surface area contributed by atoms with Crippen molar-refractivity contribution in [1.29, 1.82) is 5.26 Å². The molecule has 4 nitrogen and oxygen atoms in total. The largest absolute Gasteiger partial charge is 0.417 e. The molecule has 0 aromatic heterocycles. The van der Waals surface area contributed by atoms with Crippen LogP contribution in [-0.2, 0) is 11.0 Å². The lowest BCUT2D eigenvalue weighted by atomic mass is 10.1. The van der Waals surface area contributed by atoms with Crippen molar-refractivity contribution < 1.29 is 18.0 Å². The summed E-state index contributed by atoms with van der Waals surface area (Å²) in [5, 5.41) is 11.3. The van der Waals surface area contributed by atoms with Gasteiger partial charge in [0, 0.05) is 19.3 Å². The van der Waals surface area contributed by atoms with Crippen LogP contribution in [0.4, 0.5) is 18.9 Å². The average Bonchev–Trinajstić information content (AvgIpc) is 2.94. The Bertz CT molecular complexity index is 592. The molecule has 1 aromatic rings. The predicted molar refractivity (Wildman–Crippen MR) is 70.6 cm³/mol. The van der Waals surface area contributed by atoms with Gasteiger partial charge in [-0.15, -0.1) is 0 Å². The standard InChI is InChI=1S/C14H14F3N3O/c1-19-13(21)12-3-2-6-20(12)10-5-4-9(8-18)11(7-10)14(15,16)17/h4-5,7,12H,2-3,6H2,1H3,(H,19,21). The van der Waals surface area contributed by atoms with Crippen LogP contribution in [0.2, 0.25) is 0 Å². The molecule has 21 heavy (non-hydrogen) atoms. The molecule has 1 saturated heterocycles. The van der Waals surface area contributed by atoms with E-state index in [0.717, 1.165) is 18.6 Å². The summed E-state index contributed by atoms with van der Waals surface area (Å²) in [7, 11) is 1.50. The van der Waals surface area contributed by atoms with Gasteiger partial charge in [0.15, 0.2) is 0 Å². The third kappa shape index (κ3) is 2.94. The Balaban J connectivity index is 2.41. The van der Waals surface area contributed by atoms with E-state index in [-0.39, 0.29) is 5.91 Å². The maximum absolute atomic E-state index is 13.0. The normalized spacial score (nSPS) is 18.4. The summed E-state index contributed by atoms with van der Waals surface area (Å²) in [4.78, 5) is 13.4. The third-order valence-corrected chi connectivity index (χ3v) is 3.56. The van der Waals surface area contributed by atoms with Crippen molar-refractivity contribution in [2.75, 3.05) is 18.5 Å². The van der Waals surface area contributed by atoms with Crippen LogP contribution in [0.5, 0.6) is 0 Å². The van der Waals surface area contributed by atoms with Crippen molar-refractivity contribution in [1.82, 2.24) is 5.32 Å². The fourth-order valence-corrected chi connectivity index (χ4v) is 2.56. The number of rotatable bonds is 2. The van der Waals surface area contributed by atoms with Gasteiger partial charge in [-0.1, -0.05) is 0 Å². The number of hydrogen-bond acceptors (Lipinski definition) is 3. The monoisotopic (exact) mass is 297 g/mol. The molecule has 1 amide bonds. The first-order valence-electron chi connectivity index (χ1n) is 6.48. The second-order valence-corrected chi connectivity index (χ2v) is 4.81. The average molecular weight is 297 g/mol. The molecule has 0 saturated carbocycles. The van der Waals surface area contributed by atoms with Crippen LogP contribution in [0.1, 0.15) is 24.0 Å². The number of alkyl halides is 3. The van der Waals surface area contributed by atoms with Gasteiger partial charge < -0.3 is 10.2 Å². The molecular weight excluding hydrogens is 283 g/mol. The minimum absolute atomic E-state index is 0.217. The van der Waals surface area contributed by atoms with Gasteiger partial charge in [-0.05, 0) is 31.0 Å². The molecule has 0 spiro atoms. The molecule has 1 aliphatic heterocycles. The molecule has 0 radical (unpaired) electrons. The van der Waals surface area contributed by atoms with Gasteiger partial charge in [0.05, 0.1) is 17.2 Å². The second-order valence-electron chi connectivity index (χ2n) is 4.81. The molecule has 1 aromatic carbocycles. The van der Waals surface area contributed by atoms with Crippen LogP contribution >= 0.6 is 0 Å². The molecule has 0 aliphatic carbocycles. The summed E-state index contributed by atoms with van der Waals surface area (Å²) < 4.78 is 38.9. The maximum atomic E-state index is 13.0. The van der Waals surface area contributed by atoms with E-state index in [9.17, 15) is 18.0 Å². The Kier molecular flexibility index (Phi) is 4.07. The summed E-state index contributed by atoms with van der Waals surface area (Å²) in [6, 6.07) is 4.63. The molecular formula is C14H14F3N3O. The summed E-state index contributed by atoms with van der Waals surface area (Å²) in [6.07, 6.45) is -3.26. The van der Waals surface area contributed by atoms with Gasteiger partial charge in [0.1, 0.15) is 6.04 Å². The number of nitriles is 1.